The van der Waals surface area contributed by atoms with Crippen molar-refractivity contribution in [2.75, 3.05) is 52.9 Å². The summed E-state index contributed by atoms with van der Waals surface area (Å²) in [6.45, 7) is 11.2. The molecular formula is C21H28O12. The first-order valence-electron chi connectivity index (χ1n) is 9.55. The number of hydrogen-bond acceptors (Lipinski definition) is 12. The summed E-state index contributed by atoms with van der Waals surface area (Å²) in [5.74, 6) is -2.74. The molecule has 0 unspecified atom stereocenters. The minimum Gasteiger partial charge on any atom is -0.460 e. The van der Waals surface area contributed by atoms with Crippen molar-refractivity contribution in [1.29, 1.82) is 0 Å². The van der Waals surface area contributed by atoms with E-state index in [-0.39, 0.29) is 52.9 Å². The van der Waals surface area contributed by atoms with Crippen molar-refractivity contribution in [3.05, 3.63) is 50.6 Å². The quantitative estimate of drug-likeness (QED) is 0.0804. The molecule has 33 heavy (non-hydrogen) atoms. The van der Waals surface area contributed by atoms with Gasteiger partial charge in [0.2, 0.25) is 0 Å². The van der Waals surface area contributed by atoms with Crippen LogP contribution in [0.4, 0.5) is 0 Å². The second kappa shape index (κ2) is 18.3. The summed E-state index contributed by atoms with van der Waals surface area (Å²) >= 11 is 0. The summed E-state index contributed by atoms with van der Waals surface area (Å²) in [5, 5.41) is 0. The van der Waals surface area contributed by atoms with E-state index < -0.39 is 30.0 Å². The molecular weight excluding hydrogens is 444 g/mol. The van der Waals surface area contributed by atoms with Gasteiger partial charge in [-0.15, -0.1) is 0 Å². The van der Waals surface area contributed by atoms with E-state index >= 15 is 0 Å². The Kier molecular flexibility index (Phi) is 16.4. The van der Waals surface area contributed by atoms with Crippen molar-refractivity contribution in [1.82, 2.24) is 0 Å². The fraction of sp³-hybridized carbons (Fsp3) is 0.429. The standard InChI is InChI=1S/C21H28O12/c1-5-17(22)26-9-13-30-21(31-14-10-27-18(23)6-2,32-15-11-28-19(24)7-3)33-16-12-29-20(25)8-4/h5-8H,1-4,9-16H2. The molecule has 0 amide bonds. The summed E-state index contributed by atoms with van der Waals surface area (Å²) < 4.78 is 41.1. The predicted octanol–water partition coefficient (Wildman–Crippen LogP) is 0.581. The molecule has 0 spiro atoms. The van der Waals surface area contributed by atoms with E-state index in [0.29, 0.717) is 0 Å². The van der Waals surface area contributed by atoms with Gasteiger partial charge in [0.15, 0.2) is 0 Å². The third-order valence-electron chi connectivity index (χ3n) is 3.09. The molecule has 184 valence electrons. The first-order chi connectivity index (χ1) is 15.8. The Morgan fingerprint density at radius 3 is 0.848 bits per heavy atom. The van der Waals surface area contributed by atoms with E-state index in [0.717, 1.165) is 24.3 Å². The minimum absolute atomic E-state index is 0.217. The Balaban J connectivity index is 5.15. The number of rotatable bonds is 20. The lowest BCUT2D eigenvalue weighted by atomic mass is 10.6. The van der Waals surface area contributed by atoms with Crippen LogP contribution in [0.2, 0.25) is 0 Å². The van der Waals surface area contributed by atoms with Gasteiger partial charge in [0.1, 0.15) is 26.4 Å². The van der Waals surface area contributed by atoms with Crippen molar-refractivity contribution in [2.24, 2.45) is 0 Å². The summed E-state index contributed by atoms with van der Waals surface area (Å²) in [6.07, 6.45) is 1.64. The SMILES string of the molecule is C=CC(=O)OCCOC(OCCOC(=O)C=C)(OCCOC(=O)C=C)OCCOC(=O)C=C. The Morgan fingerprint density at radius 2 is 0.667 bits per heavy atom. The van der Waals surface area contributed by atoms with E-state index in [4.69, 9.17) is 37.9 Å². The van der Waals surface area contributed by atoms with Crippen LogP contribution in [0, 0.1) is 0 Å². The van der Waals surface area contributed by atoms with Crippen LogP contribution in [0.25, 0.3) is 0 Å². The third kappa shape index (κ3) is 15.2. The number of esters is 4. The van der Waals surface area contributed by atoms with Crippen LogP contribution in [-0.4, -0.2) is 82.9 Å². The largest absolute Gasteiger partial charge is 0.460 e. The Labute approximate surface area is 191 Å². The predicted molar refractivity (Wildman–Crippen MR) is 111 cm³/mol. The molecule has 0 aliphatic heterocycles. The van der Waals surface area contributed by atoms with Gasteiger partial charge in [-0.05, 0) is 0 Å². The van der Waals surface area contributed by atoms with Gasteiger partial charge in [-0.2, -0.15) is 0 Å². The van der Waals surface area contributed by atoms with Gasteiger partial charge >= 0.3 is 30.0 Å². The highest BCUT2D eigenvalue weighted by Gasteiger charge is 2.36. The number of ether oxygens (including phenoxy) is 8. The average molecular weight is 472 g/mol. The molecule has 0 radical (unpaired) electrons. The molecule has 0 atom stereocenters. The van der Waals surface area contributed by atoms with E-state index in [2.05, 4.69) is 26.3 Å². The number of carbonyl (C=O) groups excluding carboxylic acids is 4. The molecule has 0 N–H and O–H groups in total. The third-order valence-corrected chi connectivity index (χ3v) is 3.09. The maximum atomic E-state index is 11.2. The first-order valence-corrected chi connectivity index (χ1v) is 9.55. The van der Waals surface area contributed by atoms with Crippen LogP contribution in [0.15, 0.2) is 50.6 Å². The molecule has 0 saturated heterocycles. The van der Waals surface area contributed by atoms with Crippen LogP contribution in [-0.2, 0) is 57.1 Å². The topological polar surface area (TPSA) is 142 Å². The molecule has 0 heterocycles. The monoisotopic (exact) mass is 472 g/mol. The van der Waals surface area contributed by atoms with E-state index in [1.165, 1.54) is 0 Å². The maximum absolute atomic E-state index is 11.2. The molecule has 0 fully saturated rings. The van der Waals surface area contributed by atoms with Crippen molar-refractivity contribution < 1.29 is 57.1 Å². The highest BCUT2D eigenvalue weighted by molar-refractivity contribution is 5.82. The molecule has 0 aliphatic rings. The lowest BCUT2D eigenvalue weighted by Crippen LogP contribution is -2.45. The molecule has 0 rings (SSSR count). The van der Waals surface area contributed by atoms with Gasteiger partial charge in [0.25, 0.3) is 0 Å². The second-order valence-electron chi connectivity index (χ2n) is 5.38. The van der Waals surface area contributed by atoms with Gasteiger partial charge in [0.05, 0.1) is 26.4 Å². The highest BCUT2D eigenvalue weighted by atomic mass is 17.0. The normalized spacial score (nSPS) is 10.4. The van der Waals surface area contributed by atoms with Crippen molar-refractivity contribution >= 4 is 23.9 Å². The summed E-state index contributed by atoms with van der Waals surface area (Å²) in [6, 6.07) is 0. The molecule has 0 aromatic rings. The smallest absolute Gasteiger partial charge is 0.413 e. The van der Waals surface area contributed by atoms with E-state index in [1.807, 2.05) is 0 Å². The van der Waals surface area contributed by atoms with Crippen LogP contribution < -0.4 is 0 Å². The molecule has 0 aromatic heterocycles. The van der Waals surface area contributed by atoms with E-state index in [1.54, 1.807) is 0 Å². The Morgan fingerprint density at radius 1 is 0.455 bits per heavy atom. The Bertz CT molecular complexity index is 567. The molecule has 12 nitrogen and oxygen atoms in total. The van der Waals surface area contributed by atoms with Crippen LogP contribution in [0.5, 0.6) is 0 Å². The number of carbonyl (C=O) groups is 4. The van der Waals surface area contributed by atoms with Gasteiger partial charge in [-0.3, -0.25) is 18.9 Å². The van der Waals surface area contributed by atoms with E-state index in [9.17, 15) is 19.2 Å². The fourth-order valence-electron chi connectivity index (χ4n) is 1.72. The number of hydrogen-bond donors (Lipinski definition) is 0. The van der Waals surface area contributed by atoms with Crippen molar-refractivity contribution in [3.8, 4) is 0 Å². The summed E-state index contributed by atoms with van der Waals surface area (Å²) in [7, 11) is 0. The van der Waals surface area contributed by atoms with Crippen molar-refractivity contribution in [3.63, 3.8) is 0 Å². The van der Waals surface area contributed by atoms with Crippen LogP contribution >= 0.6 is 0 Å². The van der Waals surface area contributed by atoms with Gasteiger partial charge in [-0.1, -0.05) is 26.3 Å². The van der Waals surface area contributed by atoms with Crippen molar-refractivity contribution in [2.45, 2.75) is 6.16 Å². The summed E-state index contributed by atoms with van der Waals surface area (Å²) in [5.41, 5.74) is 0. The van der Waals surface area contributed by atoms with Gasteiger partial charge in [-0.25, -0.2) is 19.2 Å². The molecule has 0 bridgehead atoms. The minimum atomic E-state index is -2.22. The lowest BCUT2D eigenvalue weighted by molar-refractivity contribution is -0.501. The van der Waals surface area contributed by atoms with Crippen LogP contribution in [0.1, 0.15) is 0 Å². The second-order valence-corrected chi connectivity index (χ2v) is 5.38. The summed E-state index contributed by atoms with van der Waals surface area (Å²) in [4.78, 5) is 44.7. The molecule has 0 aliphatic carbocycles. The fourth-order valence-corrected chi connectivity index (χ4v) is 1.72. The lowest BCUT2D eigenvalue weighted by Gasteiger charge is -2.32. The zero-order valence-corrected chi connectivity index (χ0v) is 18.2. The van der Waals surface area contributed by atoms with Gasteiger partial charge in [0, 0.05) is 24.3 Å². The van der Waals surface area contributed by atoms with Gasteiger partial charge < -0.3 is 18.9 Å². The Hall–Kier alpha value is -3.32. The van der Waals surface area contributed by atoms with Crippen LogP contribution in [0.3, 0.4) is 0 Å². The maximum Gasteiger partial charge on any atom is 0.413 e. The first kappa shape index (κ1) is 29.7. The highest BCUT2D eigenvalue weighted by Crippen LogP contribution is 2.18. The average Bonchev–Trinajstić information content (AvgIpc) is 2.83. The zero-order chi connectivity index (χ0) is 25.0. The molecule has 0 aromatic carbocycles. The molecule has 0 saturated carbocycles. The zero-order valence-electron chi connectivity index (χ0n) is 18.2. The molecule has 12 heteroatoms.